The Kier molecular flexibility index (Phi) is 4.44. The predicted molar refractivity (Wildman–Crippen MR) is 101 cm³/mol. The minimum Gasteiger partial charge on any atom is -0.341 e. The molecule has 4 rings (SSSR count). The van der Waals surface area contributed by atoms with Crippen LogP contribution < -0.4 is 10.6 Å². The zero-order chi connectivity index (χ0) is 18.1. The SMILES string of the molecule is CCn1c(=O)n(CC2CCN(c3nccc(C)n3)CC2)c2ncccc21. The van der Waals surface area contributed by atoms with Gasteiger partial charge < -0.3 is 4.90 Å². The molecular weight excluding hydrogens is 328 g/mol. The molecule has 0 aliphatic carbocycles. The van der Waals surface area contributed by atoms with Crippen molar-refractivity contribution in [2.24, 2.45) is 5.92 Å². The van der Waals surface area contributed by atoms with Gasteiger partial charge in [-0.15, -0.1) is 0 Å². The standard InChI is InChI=1S/C19H24N6O/c1-3-24-16-5-4-9-20-17(16)25(19(24)26)13-15-7-11-23(12-8-15)18-21-10-6-14(2)22-18/h4-6,9-10,15H,3,7-8,11-13H2,1-2H3. The van der Waals surface area contributed by atoms with Crippen LogP contribution in [0.5, 0.6) is 0 Å². The minimum atomic E-state index is 0.0469. The van der Waals surface area contributed by atoms with E-state index >= 15 is 0 Å². The fraction of sp³-hybridized carbons (Fsp3) is 0.474. The van der Waals surface area contributed by atoms with E-state index in [9.17, 15) is 4.79 Å². The molecule has 3 aromatic rings. The fourth-order valence-electron chi connectivity index (χ4n) is 3.78. The van der Waals surface area contributed by atoms with Crippen LogP contribution in [0.15, 0.2) is 35.4 Å². The Labute approximate surface area is 152 Å². The maximum absolute atomic E-state index is 12.8. The van der Waals surface area contributed by atoms with Crippen LogP contribution in [0.2, 0.25) is 0 Å². The van der Waals surface area contributed by atoms with Crippen LogP contribution in [0.4, 0.5) is 5.95 Å². The average molecular weight is 352 g/mol. The number of imidazole rings is 1. The van der Waals surface area contributed by atoms with Crippen LogP contribution in [0, 0.1) is 12.8 Å². The number of aromatic nitrogens is 5. The third-order valence-electron chi connectivity index (χ3n) is 5.21. The van der Waals surface area contributed by atoms with Crippen molar-refractivity contribution in [2.75, 3.05) is 18.0 Å². The summed E-state index contributed by atoms with van der Waals surface area (Å²) in [7, 11) is 0. The van der Waals surface area contributed by atoms with Gasteiger partial charge >= 0.3 is 5.69 Å². The van der Waals surface area contributed by atoms with Crippen molar-refractivity contribution in [1.29, 1.82) is 0 Å². The molecule has 4 heterocycles. The second kappa shape index (κ2) is 6.90. The minimum absolute atomic E-state index is 0.0469. The molecule has 1 aliphatic rings. The van der Waals surface area contributed by atoms with Crippen LogP contribution in [0.3, 0.4) is 0 Å². The maximum Gasteiger partial charge on any atom is 0.330 e. The molecule has 26 heavy (non-hydrogen) atoms. The van der Waals surface area contributed by atoms with Crippen molar-refractivity contribution in [1.82, 2.24) is 24.1 Å². The summed E-state index contributed by atoms with van der Waals surface area (Å²) in [6.07, 6.45) is 5.62. The van der Waals surface area contributed by atoms with Crippen LogP contribution in [0.1, 0.15) is 25.5 Å². The molecule has 0 bridgehead atoms. The molecule has 0 saturated carbocycles. The number of aryl methyl sites for hydroxylation is 2. The third-order valence-corrected chi connectivity index (χ3v) is 5.21. The van der Waals surface area contributed by atoms with E-state index < -0.39 is 0 Å². The van der Waals surface area contributed by atoms with Crippen molar-refractivity contribution >= 4 is 17.1 Å². The summed E-state index contributed by atoms with van der Waals surface area (Å²) in [6, 6.07) is 5.78. The number of pyridine rings is 1. The van der Waals surface area contributed by atoms with E-state index in [2.05, 4.69) is 19.9 Å². The zero-order valence-corrected chi connectivity index (χ0v) is 15.3. The van der Waals surface area contributed by atoms with E-state index in [-0.39, 0.29) is 5.69 Å². The molecule has 7 nitrogen and oxygen atoms in total. The van der Waals surface area contributed by atoms with Gasteiger partial charge in [0.05, 0.1) is 5.52 Å². The molecule has 0 aromatic carbocycles. The smallest absolute Gasteiger partial charge is 0.330 e. The molecule has 7 heteroatoms. The highest BCUT2D eigenvalue weighted by atomic mass is 16.1. The first-order valence-electron chi connectivity index (χ1n) is 9.26. The summed E-state index contributed by atoms with van der Waals surface area (Å²) in [4.78, 5) is 28.4. The second-order valence-electron chi connectivity index (χ2n) is 6.91. The normalized spacial score (nSPS) is 15.7. The molecule has 1 saturated heterocycles. The fourth-order valence-corrected chi connectivity index (χ4v) is 3.78. The summed E-state index contributed by atoms with van der Waals surface area (Å²) in [6.45, 7) is 7.21. The lowest BCUT2D eigenvalue weighted by molar-refractivity contribution is 0.352. The van der Waals surface area contributed by atoms with Gasteiger partial charge in [-0.2, -0.15) is 0 Å². The highest BCUT2D eigenvalue weighted by Crippen LogP contribution is 2.23. The third kappa shape index (κ3) is 2.98. The summed E-state index contributed by atoms with van der Waals surface area (Å²) in [5, 5.41) is 0. The highest BCUT2D eigenvalue weighted by Gasteiger charge is 2.23. The lowest BCUT2D eigenvalue weighted by atomic mass is 9.97. The molecule has 0 spiro atoms. The van der Waals surface area contributed by atoms with Gasteiger partial charge in [0, 0.05) is 44.3 Å². The van der Waals surface area contributed by atoms with Crippen molar-refractivity contribution in [3.8, 4) is 0 Å². The number of fused-ring (bicyclic) bond motifs is 1. The molecule has 0 N–H and O–H groups in total. The zero-order valence-electron chi connectivity index (χ0n) is 15.3. The van der Waals surface area contributed by atoms with Crippen LogP contribution in [-0.4, -0.2) is 37.2 Å². The van der Waals surface area contributed by atoms with Gasteiger partial charge in [0.2, 0.25) is 5.95 Å². The van der Waals surface area contributed by atoms with E-state index in [0.717, 1.165) is 55.3 Å². The van der Waals surface area contributed by atoms with E-state index in [1.54, 1.807) is 10.8 Å². The number of hydrogen-bond donors (Lipinski definition) is 0. The lowest BCUT2D eigenvalue weighted by Crippen LogP contribution is -2.37. The van der Waals surface area contributed by atoms with Gasteiger partial charge in [0.25, 0.3) is 0 Å². The molecule has 3 aromatic heterocycles. The summed E-state index contributed by atoms with van der Waals surface area (Å²) in [5.41, 5.74) is 2.75. The first-order chi connectivity index (χ1) is 12.7. The Bertz CT molecular complexity index is 968. The average Bonchev–Trinajstić information content (AvgIpc) is 2.94. The van der Waals surface area contributed by atoms with Gasteiger partial charge in [-0.25, -0.2) is 19.7 Å². The van der Waals surface area contributed by atoms with Gasteiger partial charge in [0.1, 0.15) is 0 Å². The summed E-state index contributed by atoms with van der Waals surface area (Å²) < 4.78 is 3.65. The van der Waals surface area contributed by atoms with E-state index in [4.69, 9.17) is 0 Å². The maximum atomic E-state index is 12.8. The van der Waals surface area contributed by atoms with E-state index in [1.165, 1.54) is 0 Å². The van der Waals surface area contributed by atoms with Crippen molar-refractivity contribution in [2.45, 2.75) is 39.8 Å². The Hall–Kier alpha value is -2.70. The van der Waals surface area contributed by atoms with Crippen LogP contribution in [0.25, 0.3) is 11.2 Å². The number of nitrogens with zero attached hydrogens (tertiary/aromatic N) is 6. The topological polar surface area (TPSA) is 68.8 Å². The van der Waals surface area contributed by atoms with Gasteiger partial charge in [-0.3, -0.25) is 9.13 Å². The number of anilines is 1. The van der Waals surface area contributed by atoms with Crippen molar-refractivity contribution in [3.63, 3.8) is 0 Å². The Balaban J connectivity index is 1.51. The summed E-state index contributed by atoms with van der Waals surface area (Å²) >= 11 is 0. The Morgan fingerprint density at radius 2 is 1.92 bits per heavy atom. The Morgan fingerprint density at radius 1 is 1.12 bits per heavy atom. The molecule has 1 aliphatic heterocycles. The van der Waals surface area contributed by atoms with Crippen molar-refractivity contribution in [3.05, 3.63) is 46.8 Å². The molecule has 0 amide bonds. The predicted octanol–water partition coefficient (Wildman–Crippen LogP) is 2.23. The highest BCUT2D eigenvalue weighted by molar-refractivity contribution is 5.71. The van der Waals surface area contributed by atoms with E-state index in [1.807, 2.05) is 42.8 Å². The number of hydrogen-bond acceptors (Lipinski definition) is 5. The lowest BCUT2D eigenvalue weighted by Gasteiger charge is -2.32. The van der Waals surface area contributed by atoms with Gasteiger partial charge in [-0.05, 0) is 50.8 Å². The van der Waals surface area contributed by atoms with Gasteiger partial charge in [-0.1, -0.05) is 0 Å². The number of piperidine rings is 1. The summed E-state index contributed by atoms with van der Waals surface area (Å²) in [5.74, 6) is 1.27. The quantitative estimate of drug-likeness (QED) is 0.720. The van der Waals surface area contributed by atoms with Crippen LogP contribution in [-0.2, 0) is 13.1 Å². The van der Waals surface area contributed by atoms with Gasteiger partial charge in [0.15, 0.2) is 5.65 Å². The monoisotopic (exact) mass is 352 g/mol. The molecule has 0 atom stereocenters. The molecule has 1 fully saturated rings. The first kappa shape index (κ1) is 16.8. The molecular formula is C19H24N6O. The second-order valence-corrected chi connectivity index (χ2v) is 6.91. The molecule has 0 radical (unpaired) electrons. The largest absolute Gasteiger partial charge is 0.341 e. The van der Waals surface area contributed by atoms with Crippen LogP contribution >= 0.6 is 0 Å². The molecule has 0 unspecified atom stereocenters. The first-order valence-corrected chi connectivity index (χ1v) is 9.26. The number of rotatable bonds is 4. The van der Waals surface area contributed by atoms with E-state index in [0.29, 0.717) is 12.5 Å². The van der Waals surface area contributed by atoms with Crippen molar-refractivity contribution < 1.29 is 0 Å². The Morgan fingerprint density at radius 3 is 2.65 bits per heavy atom. The molecule has 136 valence electrons.